The van der Waals surface area contributed by atoms with Gasteiger partial charge in [-0.3, -0.25) is 0 Å². The first-order valence-electron chi connectivity index (χ1n) is 5.15. The highest BCUT2D eigenvalue weighted by Gasteiger charge is 2.15. The summed E-state index contributed by atoms with van der Waals surface area (Å²) in [5.74, 6) is -0.354. The van der Waals surface area contributed by atoms with Crippen LogP contribution in [0.25, 0.3) is 11.1 Å². The maximum absolute atomic E-state index is 11.5. The van der Waals surface area contributed by atoms with E-state index in [1.54, 1.807) is 26.0 Å². The zero-order chi connectivity index (χ0) is 13.2. The lowest BCUT2D eigenvalue weighted by Gasteiger charge is -2.12. The minimum atomic E-state index is -0.449. The lowest BCUT2D eigenvalue weighted by molar-refractivity contribution is 0.0600. The Morgan fingerprint density at radius 2 is 1.59 bits per heavy atom. The van der Waals surface area contributed by atoms with Crippen LogP contribution < -0.4 is 0 Å². The van der Waals surface area contributed by atoms with Crippen LogP contribution in [0.5, 0.6) is 5.75 Å². The number of hydrogen-bond donors (Lipinski definition) is 1. The maximum Gasteiger partial charge on any atom is 0.337 e. The van der Waals surface area contributed by atoms with Crippen LogP contribution >= 0.6 is 0 Å². The molecule has 0 heterocycles. The van der Waals surface area contributed by atoms with Crippen LogP contribution in [-0.4, -0.2) is 18.2 Å². The molecular formula is C14H16O3. The fourth-order valence-corrected chi connectivity index (χ4v) is 1.52. The summed E-state index contributed by atoms with van der Waals surface area (Å²) in [6.45, 7) is 11.1. The quantitative estimate of drug-likeness (QED) is 0.814. The minimum Gasteiger partial charge on any atom is -0.507 e. The Balaban J connectivity index is 3.52. The van der Waals surface area contributed by atoms with Crippen molar-refractivity contribution in [3.8, 4) is 5.75 Å². The van der Waals surface area contributed by atoms with Crippen molar-refractivity contribution in [2.45, 2.75) is 13.8 Å². The molecule has 0 saturated carbocycles. The van der Waals surface area contributed by atoms with Crippen molar-refractivity contribution in [3.63, 3.8) is 0 Å². The summed E-state index contributed by atoms with van der Waals surface area (Å²) in [7, 11) is 1.32. The van der Waals surface area contributed by atoms with Gasteiger partial charge in [-0.25, -0.2) is 4.79 Å². The van der Waals surface area contributed by atoms with Crippen LogP contribution in [0.2, 0.25) is 0 Å². The topological polar surface area (TPSA) is 46.5 Å². The van der Waals surface area contributed by atoms with Gasteiger partial charge in [-0.05, 0) is 37.1 Å². The fraction of sp³-hybridized carbons (Fsp3) is 0.214. The normalized spacial score (nSPS) is 9.82. The molecule has 1 aromatic carbocycles. The number of allylic oxidation sites excluding steroid dienone is 2. The molecule has 1 rings (SSSR count). The van der Waals surface area contributed by atoms with Gasteiger partial charge >= 0.3 is 5.97 Å². The third kappa shape index (κ3) is 2.56. The molecule has 3 nitrogen and oxygen atoms in total. The summed E-state index contributed by atoms with van der Waals surface area (Å²) in [6, 6.07) is 3.13. The maximum atomic E-state index is 11.5. The van der Waals surface area contributed by atoms with Crippen molar-refractivity contribution >= 4 is 17.1 Å². The molecular weight excluding hydrogens is 216 g/mol. The van der Waals surface area contributed by atoms with Gasteiger partial charge in [-0.1, -0.05) is 13.2 Å². The molecule has 0 aliphatic carbocycles. The van der Waals surface area contributed by atoms with Crippen molar-refractivity contribution < 1.29 is 14.6 Å². The molecule has 3 heteroatoms. The van der Waals surface area contributed by atoms with E-state index in [1.165, 1.54) is 7.11 Å². The number of ether oxygens (including phenoxy) is 1. The van der Waals surface area contributed by atoms with Crippen molar-refractivity contribution in [2.24, 2.45) is 0 Å². The van der Waals surface area contributed by atoms with Gasteiger partial charge in [-0.2, -0.15) is 0 Å². The predicted octanol–water partition coefficient (Wildman–Crippen LogP) is 3.25. The lowest BCUT2D eigenvalue weighted by Crippen LogP contribution is -2.03. The van der Waals surface area contributed by atoms with Gasteiger partial charge in [-0.15, -0.1) is 0 Å². The molecule has 0 atom stereocenters. The molecule has 90 valence electrons. The molecule has 0 aromatic heterocycles. The number of phenols is 1. The minimum absolute atomic E-state index is 0.0950. The molecule has 0 radical (unpaired) electrons. The van der Waals surface area contributed by atoms with E-state index in [0.717, 1.165) is 0 Å². The number of esters is 1. The average Bonchev–Trinajstić information content (AvgIpc) is 2.27. The number of carbonyl (C=O) groups is 1. The van der Waals surface area contributed by atoms with E-state index in [9.17, 15) is 9.90 Å². The van der Waals surface area contributed by atoms with Crippen LogP contribution in [-0.2, 0) is 4.74 Å². The molecule has 17 heavy (non-hydrogen) atoms. The number of hydrogen-bond acceptors (Lipinski definition) is 3. The summed E-state index contributed by atoms with van der Waals surface area (Å²) in [5, 5.41) is 10.0. The second kappa shape index (κ2) is 4.87. The standard InChI is InChI=1S/C14H16O3/c1-8(2)11-6-10(14(16)17-5)7-12(9(3)4)13(11)15/h6-7,15H,1,3H2,2,4-5H3. The average molecular weight is 232 g/mol. The molecule has 1 N–H and O–H groups in total. The Kier molecular flexibility index (Phi) is 3.73. The summed E-state index contributed by atoms with van der Waals surface area (Å²) >= 11 is 0. The number of phenolic OH excluding ortho intramolecular Hbond substituents is 1. The summed E-state index contributed by atoms with van der Waals surface area (Å²) in [5.41, 5.74) is 2.80. The summed E-state index contributed by atoms with van der Waals surface area (Å²) in [4.78, 5) is 11.5. The molecule has 0 saturated heterocycles. The van der Waals surface area contributed by atoms with Gasteiger partial charge in [0.25, 0.3) is 0 Å². The third-order valence-corrected chi connectivity index (χ3v) is 2.45. The van der Waals surface area contributed by atoms with Crippen LogP contribution in [0, 0.1) is 0 Å². The smallest absolute Gasteiger partial charge is 0.337 e. The van der Waals surface area contributed by atoms with Gasteiger partial charge < -0.3 is 9.84 Å². The van der Waals surface area contributed by atoms with Gasteiger partial charge in [0.2, 0.25) is 0 Å². The number of carbonyl (C=O) groups excluding carboxylic acids is 1. The Morgan fingerprint density at radius 1 is 1.18 bits per heavy atom. The van der Waals surface area contributed by atoms with Crippen molar-refractivity contribution in [3.05, 3.63) is 42.0 Å². The lowest BCUT2D eigenvalue weighted by atomic mass is 9.96. The number of rotatable bonds is 3. The second-order valence-corrected chi connectivity index (χ2v) is 3.97. The van der Waals surface area contributed by atoms with Crippen molar-refractivity contribution in [1.82, 2.24) is 0 Å². The first-order chi connectivity index (χ1) is 7.88. The summed E-state index contributed by atoms with van der Waals surface area (Å²) < 4.78 is 4.67. The second-order valence-electron chi connectivity index (χ2n) is 3.97. The van der Waals surface area contributed by atoms with Crippen LogP contribution in [0.15, 0.2) is 25.3 Å². The molecule has 0 aliphatic heterocycles. The Morgan fingerprint density at radius 3 is 1.88 bits per heavy atom. The van der Waals surface area contributed by atoms with E-state index in [4.69, 9.17) is 0 Å². The number of benzene rings is 1. The highest BCUT2D eigenvalue weighted by atomic mass is 16.5. The Bertz CT molecular complexity index is 463. The molecule has 0 bridgehead atoms. The fourth-order valence-electron chi connectivity index (χ4n) is 1.52. The first-order valence-corrected chi connectivity index (χ1v) is 5.15. The zero-order valence-electron chi connectivity index (χ0n) is 10.3. The van der Waals surface area contributed by atoms with Crippen LogP contribution in [0.3, 0.4) is 0 Å². The highest BCUT2D eigenvalue weighted by Crippen LogP contribution is 2.33. The van der Waals surface area contributed by atoms with Gasteiger partial charge in [0, 0.05) is 11.1 Å². The SMILES string of the molecule is C=C(C)c1cc(C(=O)OC)cc(C(=C)C)c1O. The van der Waals surface area contributed by atoms with Gasteiger partial charge in [0.1, 0.15) is 5.75 Å². The highest BCUT2D eigenvalue weighted by molar-refractivity contribution is 5.93. The molecule has 0 aliphatic rings. The van der Waals surface area contributed by atoms with Gasteiger partial charge in [0.15, 0.2) is 0 Å². The van der Waals surface area contributed by atoms with E-state index in [2.05, 4.69) is 17.9 Å². The monoisotopic (exact) mass is 232 g/mol. The van der Waals surface area contributed by atoms with E-state index in [1.807, 2.05) is 0 Å². The van der Waals surface area contributed by atoms with E-state index >= 15 is 0 Å². The molecule has 0 amide bonds. The first kappa shape index (κ1) is 13.0. The van der Waals surface area contributed by atoms with Crippen LogP contribution in [0.1, 0.15) is 35.3 Å². The zero-order valence-corrected chi connectivity index (χ0v) is 10.3. The van der Waals surface area contributed by atoms with Crippen LogP contribution in [0.4, 0.5) is 0 Å². The van der Waals surface area contributed by atoms with Crippen molar-refractivity contribution in [1.29, 1.82) is 0 Å². The molecule has 0 unspecified atom stereocenters. The van der Waals surface area contributed by atoms with Gasteiger partial charge in [0.05, 0.1) is 12.7 Å². The number of methoxy groups -OCH3 is 1. The van der Waals surface area contributed by atoms with E-state index < -0.39 is 5.97 Å². The Labute approximate surface area is 101 Å². The summed E-state index contributed by atoms with van der Waals surface area (Å²) in [6.07, 6.45) is 0. The number of aromatic hydroxyl groups is 1. The molecule has 0 spiro atoms. The molecule has 0 fully saturated rings. The third-order valence-electron chi connectivity index (χ3n) is 2.45. The Hall–Kier alpha value is -2.03. The van der Waals surface area contributed by atoms with Crippen molar-refractivity contribution in [2.75, 3.05) is 7.11 Å². The molecule has 1 aromatic rings. The largest absolute Gasteiger partial charge is 0.507 e. The predicted molar refractivity (Wildman–Crippen MR) is 68.9 cm³/mol. The van der Waals surface area contributed by atoms with E-state index in [-0.39, 0.29) is 5.75 Å². The van der Waals surface area contributed by atoms with E-state index in [0.29, 0.717) is 27.8 Å².